The summed E-state index contributed by atoms with van der Waals surface area (Å²) in [6.45, 7) is 3.67. The normalized spacial score (nSPS) is 11.1. The van der Waals surface area contributed by atoms with Gasteiger partial charge in [-0.3, -0.25) is 4.98 Å². The van der Waals surface area contributed by atoms with Crippen LogP contribution in [0, 0.1) is 27.7 Å². The molecular weight excluding hydrogens is 548 g/mol. The van der Waals surface area contributed by atoms with Crippen LogP contribution in [-0.4, -0.2) is 29.1 Å². The lowest BCUT2D eigenvalue weighted by Gasteiger charge is -2.06. The van der Waals surface area contributed by atoms with Gasteiger partial charge in [0.15, 0.2) is 0 Å². The molecule has 1 N–H and O–H groups in total. The molecule has 0 fully saturated rings. The number of aromatic nitrogens is 6. The van der Waals surface area contributed by atoms with E-state index >= 15 is 0 Å². The zero-order valence-corrected chi connectivity index (χ0v) is 21.7. The quantitative estimate of drug-likeness (QED) is 0.338. The number of nitrogens with zero attached hydrogens (tertiary/aromatic N) is 5. The molecule has 35 heavy (non-hydrogen) atoms. The summed E-state index contributed by atoms with van der Waals surface area (Å²) >= 11 is 24.1. The van der Waals surface area contributed by atoms with E-state index in [9.17, 15) is 18.4 Å². The highest BCUT2D eigenvalue weighted by Crippen LogP contribution is 2.30. The second-order valence-corrected chi connectivity index (χ2v) is 9.10. The number of nitrogens with one attached hydrogen (secondary N) is 1. The highest BCUT2D eigenvalue weighted by molar-refractivity contribution is 6.38. The second-order valence-electron chi connectivity index (χ2n) is 7.47. The largest absolute Gasteiger partial charge is 0.355 e. The van der Waals surface area contributed by atoms with Crippen LogP contribution in [0.5, 0.6) is 0 Å². The standard InChI is InChI=1S/C11H9Cl2F2N3O.C10H9Cl2N3O/c1-5-3-7(12)9(8(13)4-5)18-11(19)17(10(14)15)6(2)16-18;1-5-3-7(11)9(8(12)4-5)15-10(16)13-6(2)14-15/h3-4,10H,1-2H3;3-4H,1-2H3,(H,13,14,16). The lowest BCUT2D eigenvalue weighted by atomic mass is 10.2. The Labute approximate surface area is 217 Å². The maximum absolute atomic E-state index is 12.7. The molecule has 0 bridgehead atoms. The van der Waals surface area contributed by atoms with Crippen molar-refractivity contribution in [1.82, 2.24) is 29.1 Å². The van der Waals surface area contributed by atoms with Crippen LogP contribution in [0.1, 0.15) is 29.3 Å². The first-order chi connectivity index (χ1) is 16.3. The molecule has 0 amide bonds. The van der Waals surface area contributed by atoms with Crippen molar-refractivity contribution in [3.63, 3.8) is 0 Å². The van der Waals surface area contributed by atoms with E-state index in [-0.39, 0.29) is 31.8 Å². The summed E-state index contributed by atoms with van der Waals surface area (Å²) in [5.41, 5.74) is 0.880. The molecule has 0 aliphatic carbocycles. The average Bonchev–Trinajstić information content (AvgIpc) is 3.18. The number of hydrogen-bond acceptors (Lipinski definition) is 4. The molecule has 14 heteroatoms. The van der Waals surface area contributed by atoms with Crippen molar-refractivity contribution in [1.29, 1.82) is 0 Å². The highest BCUT2D eigenvalue weighted by atomic mass is 35.5. The van der Waals surface area contributed by atoms with Gasteiger partial charge in [0.25, 0.3) is 0 Å². The van der Waals surface area contributed by atoms with Crippen LogP contribution in [0.2, 0.25) is 20.1 Å². The SMILES string of the molecule is Cc1cc(Cl)c(-n2nc(C)[nH]c2=O)c(Cl)c1.Cc1cc(Cl)c(-n2nc(C)n(C(F)F)c2=O)c(Cl)c1. The Morgan fingerprint density at radius 1 is 0.771 bits per heavy atom. The number of rotatable bonds is 3. The fourth-order valence-electron chi connectivity index (χ4n) is 3.22. The van der Waals surface area contributed by atoms with Crippen LogP contribution >= 0.6 is 46.4 Å². The number of halogens is 6. The molecule has 2 aromatic heterocycles. The summed E-state index contributed by atoms with van der Waals surface area (Å²) < 4.78 is 27.7. The van der Waals surface area contributed by atoms with Crippen LogP contribution in [0.15, 0.2) is 33.9 Å². The van der Waals surface area contributed by atoms with Crippen molar-refractivity contribution in [2.24, 2.45) is 0 Å². The Morgan fingerprint density at radius 3 is 1.54 bits per heavy atom. The van der Waals surface area contributed by atoms with Crippen molar-refractivity contribution >= 4 is 46.4 Å². The number of H-pyrrole nitrogens is 1. The van der Waals surface area contributed by atoms with Gasteiger partial charge in [0.2, 0.25) is 0 Å². The third-order valence-corrected chi connectivity index (χ3v) is 5.80. The minimum Gasteiger partial charge on any atom is -0.293 e. The number of aryl methyl sites for hydroxylation is 4. The average molecular weight is 566 g/mol. The molecule has 0 unspecified atom stereocenters. The molecule has 0 radical (unpaired) electrons. The van der Waals surface area contributed by atoms with Gasteiger partial charge in [-0.2, -0.15) is 23.2 Å². The number of alkyl halides is 2. The second kappa shape index (κ2) is 10.5. The molecule has 4 aromatic rings. The van der Waals surface area contributed by atoms with Gasteiger partial charge in [0.05, 0.1) is 20.1 Å². The first-order valence-electron chi connectivity index (χ1n) is 9.86. The molecule has 0 saturated heterocycles. The zero-order valence-electron chi connectivity index (χ0n) is 18.7. The van der Waals surface area contributed by atoms with Crippen LogP contribution < -0.4 is 11.4 Å². The Kier molecular flexibility index (Phi) is 8.10. The molecular formula is C21H18Cl4F2N6O2. The van der Waals surface area contributed by atoms with Gasteiger partial charge in [0.1, 0.15) is 23.0 Å². The van der Waals surface area contributed by atoms with Gasteiger partial charge in [-0.05, 0) is 63.1 Å². The van der Waals surface area contributed by atoms with E-state index in [0.717, 1.165) is 15.8 Å². The highest BCUT2D eigenvalue weighted by Gasteiger charge is 2.21. The van der Waals surface area contributed by atoms with E-state index in [1.54, 1.807) is 38.1 Å². The van der Waals surface area contributed by atoms with E-state index in [0.29, 0.717) is 21.6 Å². The summed E-state index contributed by atoms with van der Waals surface area (Å²) in [5, 5.41) is 8.93. The Bertz CT molecular complexity index is 1480. The molecule has 8 nitrogen and oxygen atoms in total. The van der Waals surface area contributed by atoms with E-state index in [1.807, 2.05) is 6.92 Å². The van der Waals surface area contributed by atoms with Gasteiger partial charge in [-0.25, -0.2) is 14.2 Å². The number of aromatic amines is 1. The van der Waals surface area contributed by atoms with Crippen molar-refractivity contribution < 1.29 is 8.78 Å². The van der Waals surface area contributed by atoms with Crippen LogP contribution in [-0.2, 0) is 0 Å². The molecule has 2 aromatic carbocycles. The molecule has 0 spiro atoms. The first kappa shape index (κ1) is 26.9. The van der Waals surface area contributed by atoms with Gasteiger partial charge in [-0.1, -0.05) is 46.4 Å². The first-order valence-corrected chi connectivity index (χ1v) is 11.4. The monoisotopic (exact) mass is 564 g/mol. The minimum absolute atomic E-state index is 0.0985. The van der Waals surface area contributed by atoms with Gasteiger partial charge < -0.3 is 0 Å². The lowest BCUT2D eigenvalue weighted by Crippen LogP contribution is -2.25. The Balaban J connectivity index is 0.000000198. The fourth-order valence-corrected chi connectivity index (χ4v) is 4.73. The maximum Gasteiger partial charge on any atom is 0.355 e. The van der Waals surface area contributed by atoms with E-state index in [1.165, 1.54) is 11.6 Å². The van der Waals surface area contributed by atoms with Crippen LogP contribution in [0.3, 0.4) is 0 Å². The summed E-state index contributed by atoms with van der Waals surface area (Å²) in [6, 6.07) is 6.62. The fraction of sp³-hybridized carbons (Fsp3) is 0.238. The smallest absolute Gasteiger partial charge is 0.293 e. The van der Waals surface area contributed by atoms with Gasteiger partial charge >= 0.3 is 17.9 Å². The van der Waals surface area contributed by atoms with Gasteiger partial charge in [-0.15, -0.1) is 5.10 Å². The molecule has 0 atom stereocenters. The summed E-state index contributed by atoms with van der Waals surface area (Å²) in [6.07, 6.45) is 0. The number of benzene rings is 2. The predicted molar refractivity (Wildman–Crippen MR) is 132 cm³/mol. The van der Waals surface area contributed by atoms with Crippen molar-refractivity contribution in [3.05, 3.63) is 88.1 Å². The lowest BCUT2D eigenvalue weighted by molar-refractivity contribution is 0.0640. The van der Waals surface area contributed by atoms with Crippen LogP contribution in [0.25, 0.3) is 11.4 Å². The third kappa shape index (κ3) is 5.61. The van der Waals surface area contributed by atoms with Gasteiger partial charge in [0, 0.05) is 0 Å². The van der Waals surface area contributed by atoms with E-state index < -0.39 is 12.2 Å². The van der Waals surface area contributed by atoms with E-state index in [4.69, 9.17) is 46.4 Å². The maximum atomic E-state index is 12.7. The molecule has 0 aliphatic heterocycles. The molecule has 4 rings (SSSR count). The van der Waals surface area contributed by atoms with Crippen molar-refractivity contribution in [2.45, 2.75) is 34.2 Å². The number of hydrogen-bond donors (Lipinski definition) is 1. The summed E-state index contributed by atoms with van der Waals surface area (Å²) in [7, 11) is 0. The van der Waals surface area contributed by atoms with Crippen molar-refractivity contribution in [2.75, 3.05) is 0 Å². The molecule has 186 valence electrons. The molecule has 0 saturated carbocycles. The topological polar surface area (TPSA) is 90.5 Å². The third-order valence-electron chi connectivity index (χ3n) is 4.65. The predicted octanol–water partition coefficient (Wildman–Crippen LogP) is 5.84. The van der Waals surface area contributed by atoms with Crippen molar-refractivity contribution in [3.8, 4) is 11.4 Å². The molecule has 2 heterocycles. The zero-order chi connectivity index (χ0) is 26.2. The van der Waals surface area contributed by atoms with E-state index in [2.05, 4.69) is 15.2 Å². The summed E-state index contributed by atoms with van der Waals surface area (Å²) in [5.74, 6) is 0.394. The Morgan fingerprint density at radius 2 is 1.20 bits per heavy atom. The Hall–Kier alpha value is -2.66. The van der Waals surface area contributed by atoms with Crippen LogP contribution in [0.4, 0.5) is 8.78 Å². The summed E-state index contributed by atoms with van der Waals surface area (Å²) in [4.78, 5) is 26.0. The minimum atomic E-state index is -2.97. The molecule has 0 aliphatic rings.